The van der Waals surface area contributed by atoms with Crippen molar-refractivity contribution in [2.24, 2.45) is 10.9 Å². The second kappa shape index (κ2) is 8.90. The summed E-state index contributed by atoms with van der Waals surface area (Å²) >= 11 is 14.0. The van der Waals surface area contributed by atoms with E-state index in [1.165, 1.54) is 11.8 Å². The third kappa shape index (κ3) is 4.00. The molecule has 0 amide bonds. The van der Waals surface area contributed by atoms with Crippen LogP contribution in [0.15, 0.2) is 80.5 Å². The Labute approximate surface area is 225 Å². The number of carbonyl (C=O) groups excluding carboxylic acids is 1. The molecule has 10 heteroatoms. The fourth-order valence-corrected chi connectivity index (χ4v) is 6.76. The molecule has 2 aliphatic rings. The van der Waals surface area contributed by atoms with Crippen molar-refractivity contribution in [1.29, 1.82) is 0 Å². The Bertz CT molecular complexity index is 1670. The molecule has 2 aromatic carbocycles. The molecule has 1 fully saturated rings. The van der Waals surface area contributed by atoms with Gasteiger partial charge >= 0.3 is 0 Å². The van der Waals surface area contributed by atoms with Gasteiger partial charge in [0.25, 0.3) is 0 Å². The standard InChI is InChI=1S/C27H19Cl2N5O2S/c28-14-5-6-15(17(29)11-14)13-9-20-25(21(35)10-13)24(16-12-30-34-26(16)31-20)22-7-8-23(36-22)37-27-32-18-3-1-2-4-19(18)33-27/h1-8,11-13,24-25H,9-10H2,(H,30,34)(H,32,33). The lowest BCUT2D eigenvalue weighted by Gasteiger charge is -2.36. The summed E-state index contributed by atoms with van der Waals surface area (Å²) in [7, 11) is 0. The van der Waals surface area contributed by atoms with E-state index in [0.29, 0.717) is 39.6 Å². The number of hydrogen-bond acceptors (Lipinski definition) is 6. The molecule has 0 bridgehead atoms. The minimum Gasteiger partial charge on any atom is -0.454 e. The number of carbonyl (C=O) groups is 1. The predicted octanol–water partition coefficient (Wildman–Crippen LogP) is 7.32. The van der Waals surface area contributed by atoms with Crippen LogP contribution in [0.2, 0.25) is 10.0 Å². The van der Waals surface area contributed by atoms with Gasteiger partial charge in [0.1, 0.15) is 11.5 Å². The summed E-state index contributed by atoms with van der Waals surface area (Å²) in [6.07, 6.45) is 2.73. The predicted molar refractivity (Wildman–Crippen MR) is 143 cm³/mol. The highest BCUT2D eigenvalue weighted by atomic mass is 35.5. The van der Waals surface area contributed by atoms with Crippen molar-refractivity contribution in [3.8, 4) is 0 Å². The van der Waals surface area contributed by atoms with E-state index in [1.807, 2.05) is 48.5 Å². The molecule has 0 spiro atoms. The molecule has 2 N–H and O–H groups in total. The number of Topliss-reactive ketones (excluding diaryl/α,β-unsaturated/α-hetero) is 1. The maximum atomic E-state index is 13.7. The van der Waals surface area contributed by atoms with Gasteiger partial charge in [0.15, 0.2) is 16.1 Å². The lowest BCUT2D eigenvalue weighted by molar-refractivity contribution is -0.122. The fraction of sp³-hybridized carbons (Fsp3) is 0.185. The van der Waals surface area contributed by atoms with Crippen LogP contribution in [-0.4, -0.2) is 31.7 Å². The van der Waals surface area contributed by atoms with Crippen LogP contribution in [0, 0.1) is 5.92 Å². The molecule has 0 saturated heterocycles. The SMILES string of the molecule is O=C1CC(c2ccc(Cl)cc2Cl)CC2=Nc3[nH]ncc3C(c3ccc(Sc4nc5ccccc5[nH]4)o3)C12. The number of ketones is 1. The number of H-pyrrole nitrogens is 2. The number of fused-ring (bicyclic) bond motifs is 3. The third-order valence-electron chi connectivity index (χ3n) is 7.06. The highest BCUT2D eigenvalue weighted by Crippen LogP contribution is 2.49. The van der Waals surface area contributed by atoms with E-state index >= 15 is 0 Å². The van der Waals surface area contributed by atoms with Gasteiger partial charge < -0.3 is 9.40 Å². The summed E-state index contributed by atoms with van der Waals surface area (Å²) < 4.78 is 6.31. The average molecular weight is 548 g/mol. The van der Waals surface area contributed by atoms with Gasteiger partial charge in [-0.1, -0.05) is 41.4 Å². The largest absolute Gasteiger partial charge is 0.454 e. The number of aromatic nitrogens is 4. The van der Waals surface area contributed by atoms with Crippen molar-refractivity contribution >= 4 is 63.3 Å². The first-order valence-corrected chi connectivity index (χ1v) is 13.4. The molecule has 3 aromatic heterocycles. The van der Waals surface area contributed by atoms with Gasteiger partial charge in [-0.05, 0) is 66.1 Å². The molecule has 3 atom stereocenters. The van der Waals surface area contributed by atoms with Crippen LogP contribution in [0.1, 0.15) is 41.6 Å². The van der Waals surface area contributed by atoms with Crippen LogP contribution in [0.4, 0.5) is 5.82 Å². The molecule has 1 aliphatic carbocycles. The first kappa shape index (κ1) is 22.8. The molecule has 1 aliphatic heterocycles. The zero-order valence-electron chi connectivity index (χ0n) is 19.2. The van der Waals surface area contributed by atoms with E-state index in [-0.39, 0.29) is 17.6 Å². The van der Waals surface area contributed by atoms with Crippen molar-refractivity contribution in [3.63, 3.8) is 0 Å². The summed E-state index contributed by atoms with van der Waals surface area (Å²) in [4.78, 5) is 26.4. The van der Waals surface area contributed by atoms with Crippen molar-refractivity contribution in [3.05, 3.63) is 87.7 Å². The number of hydrogen-bond donors (Lipinski definition) is 2. The number of imidazole rings is 1. The normalized spacial score (nSPS) is 21.1. The van der Waals surface area contributed by atoms with Gasteiger partial charge in [0.05, 0.1) is 29.1 Å². The Morgan fingerprint density at radius 3 is 2.76 bits per heavy atom. The lowest BCUT2D eigenvalue weighted by Crippen LogP contribution is -2.38. The van der Waals surface area contributed by atoms with Gasteiger partial charge in [-0.15, -0.1) is 0 Å². The Morgan fingerprint density at radius 2 is 1.89 bits per heavy atom. The fourth-order valence-electron chi connectivity index (χ4n) is 5.43. The van der Waals surface area contributed by atoms with E-state index in [0.717, 1.165) is 33.0 Å². The number of halogens is 2. The van der Waals surface area contributed by atoms with E-state index in [2.05, 4.69) is 20.2 Å². The Morgan fingerprint density at radius 1 is 1.00 bits per heavy atom. The van der Waals surface area contributed by atoms with Crippen molar-refractivity contribution in [2.45, 2.75) is 34.9 Å². The van der Waals surface area contributed by atoms with Gasteiger partial charge in [-0.25, -0.2) is 9.98 Å². The molecule has 7 rings (SSSR count). The molecule has 184 valence electrons. The number of rotatable bonds is 4. The number of aliphatic imine (C=N–C) groups is 1. The maximum Gasteiger partial charge on any atom is 0.174 e. The zero-order valence-corrected chi connectivity index (χ0v) is 21.6. The molecule has 7 nitrogen and oxygen atoms in total. The Kier molecular flexibility index (Phi) is 5.49. The molecule has 4 heterocycles. The van der Waals surface area contributed by atoms with Crippen LogP contribution >= 0.6 is 35.0 Å². The van der Waals surface area contributed by atoms with E-state index in [1.54, 1.807) is 12.3 Å². The summed E-state index contributed by atoms with van der Waals surface area (Å²) in [6.45, 7) is 0. The van der Waals surface area contributed by atoms with E-state index < -0.39 is 5.92 Å². The second-order valence-electron chi connectivity index (χ2n) is 9.29. The first-order chi connectivity index (χ1) is 18.0. The van der Waals surface area contributed by atoms with Gasteiger partial charge in [-0.3, -0.25) is 9.89 Å². The summed E-state index contributed by atoms with van der Waals surface area (Å²) in [5, 5.41) is 9.78. The highest BCUT2D eigenvalue weighted by Gasteiger charge is 2.45. The molecule has 3 unspecified atom stereocenters. The number of benzene rings is 2. The van der Waals surface area contributed by atoms with Gasteiger partial charge in [0, 0.05) is 27.7 Å². The molecular weight excluding hydrogens is 529 g/mol. The van der Waals surface area contributed by atoms with Crippen LogP contribution in [0.3, 0.4) is 0 Å². The Balaban J connectivity index is 1.21. The first-order valence-electron chi connectivity index (χ1n) is 11.8. The van der Waals surface area contributed by atoms with Crippen LogP contribution in [-0.2, 0) is 4.79 Å². The third-order valence-corrected chi connectivity index (χ3v) is 8.43. The number of para-hydroxylation sites is 2. The monoisotopic (exact) mass is 547 g/mol. The summed E-state index contributed by atoms with van der Waals surface area (Å²) in [5.74, 6) is 0.696. The molecular formula is C27H19Cl2N5O2S. The van der Waals surface area contributed by atoms with Crippen LogP contribution in [0.5, 0.6) is 0 Å². The second-order valence-corrected chi connectivity index (χ2v) is 11.1. The van der Waals surface area contributed by atoms with E-state index in [4.69, 9.17) is 32.6 Å². The average Bonchev–Trinajstić information content (AvgIpc) is 3.62. The molecule has 1 saturated carbocycles. The van der Waals surface area contributed by atoms with Gasteiger partial charge in [0.2, 0.25) is 0 Å². The topological polar surface area (TPSA) is 99.9 Å². The lowest BCUT2D eigenvalue weighted by atomic mass is 9.68. The van der Waals surface area contributed by atoms with Gasteiger partial charge in [-0.2, -0.15) is 5.10 Å². The quantitative estimate of drug-likeness (QED) is 0.245. The summed E-state index contributed by atoms with van der Waals surface area (Å²) in [6, 6.07) is 17.2. The number of nitrogens with one attached hydrogen (secondary N) is 2. The van der Waals surface area contributed by atoms with Crippen LogP contribution in [0.25, 0.3) is 11.0 Å². The van der Waals surface area contributed by atoms with Crippen molar-refractivity contribution < 1.29 is 9.21 Å². The smallest absolute Gasteiger partial charge is 0.174 e. The zero-order chi connectivity index (χ0) is 25.1. The van der Waals surface area contributed by atoms with E-state index in [9.17, 15) is 4.79 Å². The highest BCUT2D eigenvalue weighted by molar-refractivity contribution is 7.99. The molecule has 0 radical (unpaired) electrons. The minimum absolute atomic E-state index is 0.0619. The molecule has 5 aromatic rings. The minimum atomic E-state index is -0.414. The maximum absolute atomic E-state index is 13.7. The molecule has 37 heavy (non-hydrogen) atoms. The number of nitrogens with zero attached hydrogens (tertiary/aromatic N) is 3. The Hall–Kier alpha value is -3.33. The number of furan rings is 1. The summed E-state index contributed by atoms with van der Waals surface area (Å²) in [5.41, 5.74) is 4.46. The van der Waals surface area contributed by atoms with Crippen LogP contribution < -0.4 is 0 Å². The number of aromatic amines is 2. The van der Waals surface area contributed by atoms with Crippen molar-refractivity contribution in [2.75, 3.05) is 0 Å². The van der Waals surface area contributed by atoms with Crippen molar-refractivity contribution in [1.82, 2.24) is 20.2 Å².